The highest BCUT2D eigenvalue weighted by molar-refractivity contribution is 5.30. The fourth-order valence-corrected chi connectivity index (χ4v) is 5.35. The number of ether oxygens (including phenoxy) is 2. The number of quaternary nitrogens is 2. The van der Waals surface area contributed by atoms with E-state index in [1.54, 1.807) is 0 Å². The van der Waals surface area contributed by atoms with Crippen LogP contribution in [0.3, 0.4) is 0 Å². The molecular formula is C38H48N2O2+2. The van der Waals surface area contributed by atoms with Gasteiger partial charge in [0.1, 0.15) is 37.7 Å². The molecule has 0 heterocycles. The lowest BCUT2D eigenvalue weighted by molar-refractivity contribution is -0.686. The summed E-state index contributed by atoms with van der Waals surface area (Å²) in [5.41, 5.74) is 10.7. The molecule has 0 fully saturated rings. The minimum absolute atomic E-state index is 0.678. The maximum atomic E-state index is 5.92. The van der Waals surface area contributed by atoms with Crippen molar-refractivity contribution >= 4 is 0 Å². The molecule has 4 rings (SSSR count). The minimum atomic E-state index is 0.678. The average molecular weight is 565 g/mol. The Kier molecular flexibility index (Phi) is 12.2. The Labute approximate surface area is 252 Å². The van der Waals surface area contributed by atoms with Crippen LogP contribution in [0.25, 0.3) is 0 Å². The summed E-state index contributed by atoms with van der Waals surface area (Å²) in [4.78, 5) is 0. The molecule has 220 valence electrons. The summed E-state index contributed by atoms with van der Waals surface area (Å²) in [5.74, 6) is 1.85. The quantitative estimate of drug-likeness (QED) is 0.125. The first-order chi connectivity index (χ1) is 20.4. The van der Waals surface area contributed by atoms with Crippen molar-refractivity contribution in [3.05, 3.63) is 142 Å². The second-order valence-corrected chi connectivity index (χ2v) is 11.4. The van der Waals surface area contributed by atoms with Gasteiger partial charge in [-0.2, -0.15) is 0 Å². The van der Waals surface area contributed by atoms with Crippen molar-refractivity contribution in [2.24, 2.45) is 0 Å². The third-order valence-electron chi connectivity index (χ3n) is 7.20. The van der Waals surface area contributed by atoms with E-state index in [2.05, 4.69) is 135 Å². The van der Waals surface area contributed by atoms with E-state index in [4.69, 9.17) is 9.47 Å². The van der Waals surface area contributed by atoms with E-state index in [1.165, 1.54) is 44.5 Å². The van der Waals surface area contributed by atoms with Crippen molar-refractivity contribution in [2.45, 2.75) is 66.7 Å². The molecule has 4 aromatic carbocycles. The van der Waals surface area contributed by atoms with E-state index in [0.29, 0.717) is 13.2 Å². The van der Waals surface area contributed by atoms with E-state index in [-0.39, 0.29) is 0 Å². The fourth-order valence-electron chi connectivity index (χ4n) is 5.35. The van der Waals surface area contributed by atoms with Gasteiger partial charge in [0.05, 0.1) is 13.2 Å². The second kappa shape index (κ2) is 16.5. The van der Waals surface area contributed by atoms with Gasteiger partial charge in [0, 0.05) is 22.3 Å². The lowest BCUT2D eigenvalue weighted by Crippen LogP contribution is -2.80. The van der Waals surface area contributed by atoms with Gasteiger partial charge < -0.3 is 20.1 Å². The SMILES string of the molecule is Cc1cc(C)cc(C[NH2+]Cc2ccc(OCC/C=C/CCOc3ccc(C[NH2+]Cc4cc(C)cc(C)c4)cc3)cc2)c1. The van der Waals surface area contributed by atoms with E-state index >= 15 is 0 Å². The molecule has 4 nitrogen and oxygen atoms in total. The molecule has 0 aliphatic heterocycles. The molecule has 0 amide bonds. The molecule has 0 atom stereocenters. The first-order valence-electron chi connectivity index (χ1n) is 15.3. The fraction of sp³-hybridized carbons (Fsp3) is 0.316. The Hall–Kier alpha value is -3.86. The average Bonchev–Trinajstić information content (AvgIpc) is 2.95. The van der Waals surface area contributed by atoms with Gasteiger partial charge in [-0.25, -0.2) is 0 Å². The van der Waals surface area contributed by atoms with Crippen molar-refractivity contribution in [1.82, 2.24) is 0 Å². The summed E-state index contributed by atoms with van der Waals surface area (Å²) < 4.78 is 11.8. The van der Waals surface area contributed by atoms with Crippen LogP contribution in [-0.2, 0) is 26.2 Å². The molecule has 0 unspecified atom stereocenters. The van der Waals surface area contributed by atoms with Gasteiger partial charge in [-0.3, -0.25) is 0 Å². The van der Waals surface area contributed by atoms with Crippen molar-refractivity contribution in [3.63, 3.8) is 0 Å². The number of hydrogen-bond acceptors (Lipinski definition) is 2. The van der Waals surface area contributed by atoms with Crippen LogP contribution in [0.15, 0.2) is 97.1 Å². The molecule has 4 N–H and O–H groups in total. The van der Waals surface area contributed by atoms with Crippen LogP contribution in [-0.4, -0.2) is 13.2 Å². The molecule has 0 spiro atoms. The van der Waals surface area contributed by atoms with Gasteiger partial charge in [-0.05, 0) is 89.1 Å². The Balaban J connectivity index is 1.04. The van der Waals surface area contributed by atoms with Gasteiger partial charge in [-0.1, -0.05) is 70.8 Å². The standard InChI is InChI=1S/C38H46N2O2/c1-29-19-30(2)22-35(21-29)27-39-25-33-9-13-37(14-10-33)41-17-7-5-6-8-18-42-38-15-11-34(12-16-38)26-40-28-36-23-31(3)20-32(4)24-36/h5-6,9-16,19-24,39-40H,7-8,17-18,25-28H2,1-4H3/p+2/b6-5+. The molecule has 0 aromatic heterocycles. The molecule has 0 saturated carbocycles. The molecule has 4 heteroatoms. The molecule has 0 radical (unpaired) electrons. The summed E-state index contributed by atoms with van der Waals surface area (Å²) >= 11 is 0. The van der Waals surface area contributed by atoms with Crippen LogP contribution in [0, 0.1) is 27.7 Å². The minimum Gasteiger partial charge on any atom is -0.493 e. The predicted molar refractivity (Wildman–Crippen MR) is 173 cm³/mol. The Morgan fingerprint density at radius 3 is 1.14 bits per heavy atom. The molecule has 0 saturated heterocycles. The Bertz CT molecular complexity index is 1260. The summed E-state index contributed by atoms with van der Waals surface area (Å²) in [6.07, 6.45) is 6.13. The highest BCUT2D eigenvalue weighted by Gasteiger charge is 2.02. The summed E-state index contributed by atoms with van der Waals surface area (Å²) in [7, 11) is 0. The summed E-state index contributed by atoms with van der Waals surface area (Å²) in [6, 6.07) is 30.5. The van der Waals surface area contributed by atoms with Gasteiger partial charge in [0.15, 0.2) is 0 Å². The van der Waals surface area contributed by atoms with Crippen molar-refractivity contribution in [1.29, 1.82) is 0 Å². The zero-order chi connectivity index (χ0) is 29.6. The number of benzene rings is 4. The highest BCUT2D eigenvalue weighted by atomic mass is 16.5. The third-order valence-corrected chi connectivity index (χ3v) is 7.20. The molecule has 42 heavy (non-hydrogen) atoms. The first kappa shape index (κ1) is 31.1. The zero-order valence-electron chi connectivity index (χ0n) is 25.9. The maximum Gasteiger partial charge on any atom is 0.119 e. The van der Waals surface area contributed by atoms with Crippen LogP contribution < -0.4 is 20.1 Å². The van der Waals surface area contributed by atoms with E-state index in [1.807, 2.05) is 0 Å². The predicted octanol–water partition coefficient (Wildman–Crippen LogP) is 6.24. The maximum absolute atomic E-state index is 5.92. The summed E-state index contributed by atoms with van der Waals surface area (Å²) in [5, 5.41) is 4.70. The van der Waals surface area contributed by atoms with Crippen molar-refractivity contribution in [2.75, 3.05) is 13.2 Å². The van der Waals surface area contributed by atoms with Crippen molar-refractivity contribution in [3.8, 4) is 11.5 Å². The van der Waals surface area contributed by atoms with Crippen LogP contribution in [0.1, 0.15) is 57.3 Å². The largest absolute Gasteiger partial charge is 0.493 e. The molecular weight excluding hydrogens is 516 g/mol. The first-order valence-corrected chi connectivity index (χ1v) is 15.3. The third kappa shape index (κ3) is 11.2. The van der Waals surface area contributed by atoms with Gasteiger partial charge in [0.2, 0.25) is 0 Å². The molecule has 4 aromatic rings. The van der Waals surface area contributed by atoms with Crippen LogP contribution in [0.5, 0.6) is 11.5 Å². The topological polar surface area (TPSA) is 51.7 Å². The van der Waals surface area contributed by atoms with E-state index in [0.717, 1.165) is 50.5 Å². The van der Waals surface area contributed by atoms with Gasteiger partial charge in [0.25, 0.3) is 0 Å². The highest BCUT2D eigenvalue weighted by Crippen LogP contribution is 2.14. The zero-order valence-corrected chi connectivity index (χ0v) is 25.9. The van der Waals surface area contributed by atoms with Crippen LogP contribution in [0.2, 0.25) is 0 Å². The van der Waals surface area contributed by atoms with Gasteiger partial charge >= 0.3 is 0 Å². The lowest BCUT2D eigenvalue weighted by Gasteiger charge is -2.07. The number of hydrogen-bond donors (Lipinski definition) is 2. The molecule has 0 bridgehead atoms. The molecule has 0 aliphatic carbocycles. The number of rotatable bonds is 16. The molecule has 0 aliphatic rings. The number of nitrogens with two attached hydrogens (primary N) is 2. The van der Waals surface area contributed by atoms with Crippen LogP contribution >= 0.6 is 0 Å². The van der Waals surface area contributed by atoms with E-state index in [9.17, 15) is 0 Å². The number of aryl methyl sites for hydroxylation is 4. The van der Waals surface area contributed by atoms with Crippen LogP contribution in [0.4, 0.5) is 0 Å². The monoisotopic (exact) mass is 564 g/mol. The second-order valence-electron chi connectivity index (χ2n) is 11.4. The normalized spacial score (nSPS) is 11.2. The van der Waals surface area contributed by atoms with Gasteiger partial charge in [-0.15, -0.1) is 0 Å². The Morgan fingerprint density at radius 1 is 0.452 bits per heavy atom. The smallest absolute Gasteiger partial charge is 0.119 e. The summed E-state index contributed by atoms with van der Waals surface area (Å²) in [6.45, 7) is 13.9. The van der Waals surface area contributed by atoms with Crippen molar-refractivity contribution < 1.29 is 20.1 Å². The lowest BCUT2D eigenvalue weighted by atomic mass is 10.1. The van der Waals surface area contributed by atoms with E-state index < -0.39 is 0 Å². The Morgan fingerprint density at radius 2 is 0.786 bits per heavy atom.